The fourth-order valence-electron chi connectivity index (χ4n) is 1.61. The minimum atomic E-state index is 0.380. The normalized spacial score (nSPS) is 12.4. The van der Waals surface area contributed by atoms with Gasteiger partial charge >= 0.3 is 0 Å². The van der Waals surface area contributed by atoms with E-state index in [2.05, 4.69) is 13.5 Å². The van der Waals surface area contributed by atoms with Gasteiger partial charge < -0.3 is 5.73 Å². The maximum atomic E-state index is 11.5. The van der Waals surface area contributed by atoms with E-state index in [1.54, 1.807) is 0 Å². The molecule has 2 nitrogen and oxygen atoms in total. The largest absolute Gasteiger partial charge is 0.330 e. The summed E-state index contributed by atoms with van der Waals surface area (Å²) in [5, 5.41) is 0. The summed E-state index contributed by atoms with van der Waals surface area (Å²) in [5.74, 6) is 0.775. The van der Waals surface area contributed by atoms with Gasteiger partial charge in [-0.3, -0.25) is 4.79 Å². The first kappa shape index (κ1) is 14.4. The molecular weight excluding hydrogens is 186 g/mol. The van der Waals surface area contributed by atoms with Crippen molar-refractivity contribution in [1.82, 2.24) is 0 Å². The Kier molecular flexibility index (Phi) is 9.49. The zero-order chi connectivity index (χ0) is 11.5. The molecule has 2 N–H and O–H groups in total. The van der Waals surface area contributed by atoms with E-state index in [0.717, 1.165) is 38.5 Å². The van der Waals surface area contributed by atoms with Crippen molar-refractivity contribution in [2.75, 3.05) is 6.54 Å². The van der Waals surface area contributed by atoms with Crippen molar-refractivity contribution in [3.8, 4) is 0 Å². The molecule has 0 rings (SSSR count). The predicted octanol–water partition coefficient (Wildman–Crippen LogP) is 3.07. The van der Waals surface area contributed by atoms with Crippen LogP contribution in [0.2, 0.25) is 0 Å². The highest BCUT2D eigenvalue weighted by Crippen LogP contribution is 2.11. The summed E-state index contributed by atoms with van der Waals surface area (Å²) in [6.07, 6.45) is 8.73. The van der Waals surface area contributed by atoms with Crippen molar-refractivity contribution in [3.63, 3.8) is 0 Å². The number of carbonyl (C=O) groups is 1. The molecule has 0 aliphatic carbocycles. The second kappa shape index (κ2) is 9.91. The second-order valence-corrected chi connectivity index (χ2v) is 4.14. The van der Waals surface area contributed by atoms with Crippen LogP contribution in [0, 0.1) is 5.92 Å². The average Bonchev–Trinajstić information content (AvgIpc) is 2.25. The molecule has 0 heterocycles. The van der Waals surface area contributed by atoms with Gasteiger partial charge in [0.25, 0.3) is 0 Å². The van der Waals surface area contributed by atoms with Crippen LogP contribution in [0.5, 0.6) is 0 Å². The Morgan fingerprint density at radius 1 is 1.40 bits per heavy atom. The van der Waals surface area contributed by atoms with Crippen molar-refractivity contribution in [2.45, 2.75) is 51.9 Å². The van der Waals surface area contributed by atoms with Gasteiger partial charge in [0, 0.05) is 12.8 Å². The summed E-state index contributed by atoms with van der Waals surface area (Å²) in [4.78, 5) is 11.5. The number of ketones is 1. The smallest absolute Gasteiger partial charge is 0.133 e. The van der Waals surface area contributed by atoms with Gasteiger partial charge in [-0.2, -0.15) is 0 Å². The van der Waals surface area contributed by atoms with E-state index in [4.69, 9.17) is 5.73 Å². The fourth-order valence-corrected chi connectivity index (χ4v) is 1.61. The van der Waals surface area contributed by atoms with Gasteiger partial charge in [0.2, 0.25) is 0 Å². The Bertz CT molecular complexity index is 173. The first-order valence-electron chi connectivity index (χ1n) is 6.07. The minimum absolute atomic E-state index is 0.380. The molecule has 1 unspecified atom stereocenters. The lowest BCUT2D eigenvalue weighted by molar-refractivity contribution is -0.120. The first-order valence-corrected chi connectivity index (χ1v) is 6.07. The Hall–Kier alpha value is -0.630. The zero-order valence-corrected chi connectivity index (χ0v) is 10.0. The molecule has 0 fully saturated rings. The lowest BCUT2D eigenvalue weighted by atomic mass is 9.97. The Labute approximate surface area is 93.9 Å². The van der Waals surface area contributed by atoms with Crippen LogP contribution >= 0.6 is 0 Å². The van der Waals surface area contributed by atoms with Crippen molar-refractivity contribution >= 4 is 5.78 Å². The molecule has 1 atom stereocenters. The van der Waals surface area contributed by atoms with E-state index in [9.17, 15) is 4.79 Å². The average molecular weight is 211 g/mol. The van der Waals surface area contributed by atoms with Gasteiger partial charge in [-0.15, -0.1) is 6.58 Å². The third-order valence-electron chi connectivity index (χ3n) is 2.79. The lowest BCUT2D eigenvalue weighted by Gasteiger charge is -2.10. The standard InChI is InChI=1S/C13H25NO/c1-3-5-6-7-8-9-13(15)10-12(4-2)11-14/h3,12H,1,4-11,14H2,2H3. The number of hydrogen-bond donors (Lipinski definition) is 1. The maximum absolute atomic E-state index is 11.5. The van der Waals surface area contributed by atoms with Gasteiger partial charge in [0.05, 0.1) is 0 Å². The highest BCUT2D eigenvalue weighted by molar-refractivity contribution is 5.78. The Morgan fingerprint density at radius 2 is 2.13 bits per heavy atom. The highest BCUT2D eigenvalue weighted by atomic mass is 16.1. The van der Waals surface area contributed by atoms with Crippen molar-refractivity contribution in [1.29, 1.82) is 0 Å². The van der Waals surface area contributed by atoms with Crippen LogP contribution in [0.3, 0.4) is 0 Å². The third kappa shape index (κ3) is 8.37. The van der Waals surface area contributed by atoms with Crippen molar-refractivity contribution in [3.05, 3.63) is 12.7 Å². The minimum Gasteiger partial charge on any atom is -0.330 e. The summed E-state index contributed by atoms with van der Waals surface area (Å²) in [7, 11) is 0. The lowest BCUT2D eigenvalue weighted by Crippen LogP contribution is -2.17. The van der Waals surface area contributed by atoms with Gasteiger partial charge in [-0.25, -0.2) is 0 Å². The van der Waals surface area contributed by atoms with Gasteiger partial charge in [0.15, 0.2) is 0 Å². The summed E-state index contributed by atoms with van der Waals surface area (Å²) < 4.78 is 0. The molecule has 0 radical (unpaired) electrons. The predicted molar refractivity (Wildman–Crippen MR) is 65.7 cm³/mol. The molecule has 0 spiro atoms. The quantitative estimate of drug-likeness (QED) is 0.446. The topological polar surface area (TPSA) is 43.1 Å². The molecule has 0 bridgehead atoms. The number of allylic oxidation sites excluding steroid dienone is 1. The number of carbonyl (C=O) groups excluding carboxylic acids is 1. The monoisotopic (exact) mass is 211 g/mol. The molecule has 0 saturated carbocycles. The van der Waals surface area contributed by atoms with Crippen LogP contribution in [-0.4, -0.2) is 12.3 Å². The van der Waals surface area contributed by atoms with E-state index in [0.29, 0.717) is 24.7 Å². The Balaban J connectivity index is 3.43. The van der Waals surface area contributed by atoms with Crippen LogP contribution in [0.15, 0.2) is 12.7 Å². The van der Waals surface area contributed by atoms with E-state index in [-0.39, 0.29) is 0 Å². The van der Waals surface area contributed by atoms with Gasteiger partial charge in [-0.1, -0.05) is 25.8 Å². The molecule has 0 aliphatic heterocycles. The van der Waals surface area contributed by atoms with Gasteiger partial charge in [0.1, 0.15) is 5.78 Å². The maximum Gasteiger partial charge on any atom is 0.133 e. The van der Waals surface area contributed by atoms with E-state index in [1.807, 2.05) is 6.08 Å². The Morgan fingerprint density at radius 3 is 2.67 bits per heavy atom. The first-order chi connectivity index (χ1) is 7.24. The molecule has 0 aliphatic rings. The summed E-state index contributed by atoms with van der Waals surface area (Å²) >= 11 is 0. The van der Waals surface area contributed by atoms with Crippen LogP contribution in [0.25, 0.3) is 0 Å². The molecule has 0 aromatic carbocycles. The van der Waals surface area contributed by atoms with Crippen molar-refractivity contribution < 1.29 is 4.79 Å². The van der Waals surface area contributed by atoms with Crippen LogP contribution in [-0.2, 0) is 4.79 Å². The SMILES string of the molecule is C=CCCCCCC(=O)CC(CC)CN. The highest BCUT2D eigenvalue weighted by Gasteiger charge is 2.09. The van der Waals surface area contributed by atoms with E-state index < -0.39 is 0 Å². The number of hydrogen-bond acceptors (Lipinski definition) is 2. The number of Topliss-reactive ketones (excluding diaryl/α,β-unsaturated/α-hetero) is 1. The molecule has 0 amide bonds. The third-order valence-corrected chi connectivity index (χ3v) is 2.79. The fraction of sp³-hybridized carbons (Fsp3) is 0.769. The number of unbranched alkanes of at least 4 members (excludes halogenated alkanes) is 3. The van der Waals surface area contributed by atoms with Crippen LogP contribution < -0.4 is 5.73 Å². The number of rotatable bonds is 10. The molecule has 15 heavy (non-hydrogen) atoms. The van der Waals surface area contributed by atoms with E-state index >= 15 is 0 Å². The molecule has 0 aromatic rings. The summed E-state index contributed by atoms with van der Waals surface area (Å²) in [6.45, 7) is 6.40. The molecule has 0 saturated heterocycles. The molecular formula is C13H25NO. The number of nitrogens with two attached hydrogens (primary N) is 1. The zero-order valence-electron chi connectivity index (χ0n) is 10.0. The molecule has 88 valence electrons. The molecule has 0 aromatic heterocycles. The van der Waals surface area contributed by atoms with Gasteiger partial charge in [-0.05, 0) is 31.7 Å². The van der Waals surface area contributed by atoms with Crippen molar-refractivity contribution in [2.24, 2.45) is 11.7 Å². The van der Waals surface area contributed by atoms with Crippen LogP contribution in [0.4, 0.5) is 0 Å². The molecule has 2 heteroatoms. The summed E-state index contributed by atoms with van der Waals surface area (Å²) in [6, 6.07) is 0. The van der Waals surface area contributed by atoms with Crippen LogP contribution in [0.1, 0.15) is 51.9 Å². The van der Waals surface area contributed by atoms with E-state index in [1.165, 1.54) is 0 Å². The second-order valence-electron chi connectivity index (χ2n) is 4.14. The summed E-state index contributed by atoms with van der Waals surface area (Å²) in [5.41, 5.74) is 5.56.